The van der Waals surface area contributed by atoms with Crippen molar-refractivity contribution < 1.29 is 28.7 Å². The number of hydrogen-bond donors (Lipinski definition) is 4. The molecule has 1 aliphatic carbocycles. The molecule has 0 saturated heterocycles. The first-order valence-corrected chi connectivity index (χ1v) is 20.8. The molecule has 4 N–H and O–H groups in total. The summed E-state index contributed by atoms with van der Waals surface area (Å²) in [4.78, 5) is 64.4. The molecule has 6 rings (SSSR count). The second kappa shape index (κ2) is 17.6. The van der Waals surface area contributed by atoms with Crippen molar-refractivity contribution in [1.29, 1.82) is 0 Å². The van der Waals surface area contributed by atoms with Crippen molar-refractivity contribution in [2.75, 3.05) is 13.7 Å². The molecule has 3 aromatic heterocycles. The summed E-state index contributed by atoms with van der Waals surface area (Å²) < 4.78 is 11.0. The molecular formula is C47H60N4O6. The number of carbonyl (C=O) groups excluding carboxylic acids is 4. The largest absolute Gasteiger partial charge is 0.468 e. The maximum absolute atomic E-state index is 14.3. The third-order valence-corrected chi connectivity index (χ3v) is 12.6. The smallest absolute Gasteiger partial charge is 0.320 e. The SMILES string of the molecule is CCC[C@@H](C)CCC/C(C)=C\COC(=O)CC[C@H]1C(C)=C2/C=c3\[nH]/c(c(CC)c3C)=C\c3[nH]c(c(CC)c3C=O)/C=c3\[nH]c4c(c3C)C(=O)[C@H](C(=O)OC)C=4C1N2. The van der Waals surface area contributed by atoms with Gasteiger partial charge in [0, 0.05) is 50.9 Å². The molecule has 0 saturated carbocycles. The van der Waals surface area contributed by atoms with Crippen molar-refractivity contribution in [3.05, 3.63) is 89.1 Å². The highest BCUT2D eigenvalue weighted by Gasteiger charge is 2.47. The Kier molecular flexibility index (Phi) is 12.8. The van der Waals surface area contributed by atoms with E-state index in [-0.39, 0.29) is 30.7 Å². The average Bonchev–Trinajstić information content (AvgIpc) is 3.94. The summed E-state index contributed by atoms with van der Waals surface area (Å²) >= 11 is 0. The molecule has 0 spiro atoms. The van der Waals surface area contributed by atoms with Crippen LogP contribution in [0.3, 0.4) is 0 Å². The fourth-order valence-electron chi connectivity index (χ4n) is 9.34. The number of carbonyl (C=O) groups is 4. The lowest BCUT2D eigenvalue weighted by molar-refractivity contribution is -0.143. The summed E-state index contributed by atoms with van der Waals surface area (Å²) in [5.74, 6) is -1.89. The van der Waals surface area contributed by atoms with Gasteiger partial charge in [0.2, 0.25) is 0 Å². The van der Waals surface area contributed by atoms with Crippen LogP contribution in [0.4, 0.5) is 0 Å². The normalized spacial score (nSPS) is 21.0. The number of rotatable bonds is 15. The minimum atomic E-state index is -1.15. The Bertz CT molecular complexity index is 2400. The van der Waals surface area contributed by atoms with Gasteiger partial charge in [0.1, 0.15) is 12.5 Å². The zero-order valence-corrected chi connectivity index (χ0v) is 35.2. The second-order valence-electron chi connectivity index (χ2n) is 16.2. The van der Waals surface area contributed by atoms with Gasteiger partial charge in [-0.05, 0) is 123 Å². The minimum absolute atomic E-state index is 0.170. The van der Waals surface area contributed by atoms with Gasteiger partial charge in [-0.15, -0.1) is 0 Å². The number of aromatic nitrogens is 3. The Balaban J connectivity index is 1.44. The van der Waals surface area contributed by atoms with Gasteiger partial charge in [-0.1, -0.05) is 52.5 Å². The molecule has 8 bridgehead atoms. The Hall–Kier alpha value is -5.12. The highest BCUT2D eigenvalue weighted by molar-refractivity contribution is 6.19. The summed E-state index contributed by atoms with van der Waals surface area (Å²) in [5, 5.41) is 6.85. The number of esters is 2. The lowest BCUT2D eigenvalue weighted by Gasteiger charge is -2.26. The van der Waals surface area contributed by atoms with E-state index in [2.05, 4.69) is 67.9 Å². The number of allylic oxidation sites excluding steroid dienone is 2. The molecule has 10 heteroatoms. The van der Waals surface area contributed by atoms with E-state index < -0.39 is 17.9 Å². The molecule has 1 unspecified atom stereocenters. The molecule has 3 aromatic rings. The van der Waals surface area contributed by atoms with Gasteiger partial charge in [0.15, 0.2) is 12.1 Å². The standard InChI is InChI=1S/C47H60N4O6/c1-10-14-25(4)15-13-16-26(5)19-20-57-40(53)18-17-32-28(7)35-21-34-27(6)30(11-2)37(48-34)23-39-33(24-52)31(12-3)38(49-39)22-36-29(8)41-45(51-36)42(44(32)50-35)43(46(41)54)47(55)56-9/h19,21-25,32,43-44,48-51H,10-18,20H2,1-9H3/b26-19-,34-21-,36-22-,37-23-/t25-,32+,43-,44?/m1/s1. The van der Waals surface area contributed by atoms with Crippen LogP contribution in [0.15, 0.2) is 22.9 Å². The van der Waals surface area contributed by atoms with Crippen molar-refractivity contribution in [2.45, 2.75) is 119 Å². The van der Waals surface area contributed by atoms with Crippen molar-refractivity contribution in [3.8, 4) is 0 Å². The van der Waals surface area contributed by atoms with Crippen LogP contribution in [0.2, 0.25) is 0 Å². The van der Waals surface area contributed by atoms with E-state index in [0.717, 1.165) is 75.8 Å². The van der Waals surface area contributed by atoms with Gasteiger partial charge in [-0.3, -0.25) is 19.2 Å². The first-order chi connectivity index (χ1) is 27.4. The van der Waals surface area contributed by atoms with E-state index in [0.29, 0.717) is 51.5 Å². The lowest BCUT2D eigenvalue weighted by atomic mass is 9.82. The van der Waals surface area contributed by atoms with Crippen LogP contribution in [0, 0.1) is 31.6 Å². The summed E-state index contributed by atoms with van der Waals surface area (Å²) in [5.41, 5.74) is 10.0. The number of methoxy groups -OCH3 is 1. The maximum Gasteiger partial charge on any atom is 0.320 e. The lowest BCUT2D eigenvalue weighted by Crippen LogP contribution is -2.39. The molecule has 0 aromatic carbocycles. The van der Waals surface area contributed by atoms with E-state index in [1.54, 1.807) is 0 Å². The van der Waals surface area contributed by atoms with E-state index in [1.807, 2.05) is 32.1 Å². The molecule has 0 radical (unpaired) electrons. The molecule has 304 valence electrons. The number of ketones is 1. The Morgan fingerprint density at radius 2 is 1.61 bits per heavy atom. The first kappa shape index (κ1) is 41.5. The molecular weight excluding hydrogens is 717 g/mol. The average molecular weight is 777 g/mol. The van der Waals surface area contributed by atoms with Crippen LogP contribution in [0.5, 0.6) is 0 Å². The van der Waals surface area contributed by atoms with Crippen LogP contribution in [-0.4, -0.2) is 58.7 Å². The van der Waals surface area contributed by atoms with Crippen molar-refractivity contribution in [2.24, 2.45) is 17.8 Å². The maximum atomic E-state index is 14.3. The fraction of sp³-hybridized carbons (Fsp3) is 0.489. The van der Waals surface area contributed by atoms with Crippen LogP contribution >= 0.6 is 0 Å². The topological polar surface area (TPSA) is 146 Å². The summed E-state index contributed by atoms with van der Waals surface area (Å²) in [6, 6.07) is -0.494. The number of fused-ring (bicyclic) bond motifs is 8. The number of H-pyrrole nitrogens is 3. The monoisotopic (exact) mass is 776 g/mol. The zero-order valence-electron chi connectivity index (χ0n) is 35.2. The van der Waals surface area contributed by atoms with E-state index in [9.17, 15) is 19.2 Å². The molecule has 5 heterocycles. The highest BCUT2D eigenvalue weighted by Crippen LogP contribution is 2.39. The molecule has 0 fully saturated rings. The molecule has 4 atom stereocenters. The Morgan fingerprint density at radius 1 is 0.895 bits per heavy atom. The number of aldehydes is 1. The van der Waals surface area contributed by atoms with Crippen LogP contribution in [-0.2, 0) is 31.9 Å². The van der Waals surface area contributed by atoms with Gasteiger partial charge in [0.05, 0.1) is 24.2 Å². The van der Waals surface area contributed by atoms with E-state index >= 15 is 0 Å². The number of aromatic amines is 3. The summed E-state index contributed by atoms with van der Waals surface area (Å²) in [7, 11) is 1.31. The quantitative estimate of drug-likeness (QED) is 0.0686. The molecule has 0 amide bonds. The predicted octanol–water partition coefficient (Wildman–Crippen LogP) is 5.55. The van der Waals surface area contributed by atoms with Crippen molar-refractivity contribution in [1.82, 2.24) is 20.3 Å². The summed E-state index contributed by atoms with van der Waals surface area (Å²) in [6.07, 6.45) is 16.7. The predicted molar refractivity (Wildman–Crippen MR) is 224 cm³/mol. The van der Waals surface area contributed by atoms with Gasteiger partial charge in [-0.25, -0.2) is 0 Å². The second-order valence-corrected chi connectivity index (χ2v) is 16.2. The number of Topliss-reactive ketones (excluding diaryl/α,β-unsaturated/α-hetero) is 1. The fourth-order valence-corrected chi connectivity index (χ4v) is 9.34. The third kappa shape index (κ3) is 8.05. The highest BCUT2D eigenvalue weighted by atomic mass is 16.5. The van der Waals surface area contributed by atoms with E-state index in [1.165, 1.54) is 31.9 Å². The van der Waals surface area contributed by atoms with Crippen LogP contribution in [0.25, 0.3) is 23.8 Å². The van der Waals surface area contributed by atoms with Gasteiger partial charge in [0.25, 0.3) is 0 Å². The first-order valence-electron chi connectivity index (χ1n) is 20.8. The number of nitrogens with one attached hydrogen (secondary N) is 4. The third-order valence-electron chi connectivity index (χ3n) is 12.6. The van der Waals surface area contributed by atoms with Crippen molar-refractivity contribution in [3.63, 3.8) is 0 Å². The molecule has 3 aliphatic rings. The molecule has 10 nitrogen and oxygen atoms in total. The summed E-state index contributed by atoms with van der Waals surface area (Å²) in [6.45, 7) is 17.0. The van der Waals surface area contributed by atoms with Gasteiger partial charge < -0.3 is 29.7 Å². The number of hydrogen-bond acceptors (Lipinski definition) is 7. The van der Waals surface area contributed by atoms with Gasteiger partial charge in [-0.2, -0.15) is 0 Å². The minimum Gasteiger partial charge on any atom is -0.468 e. The zero-order chi connectivity index (χ0) is 41.1. The van der Waals surface area contributed by atoms with E-state index in [4.69, 9.17) is 9.47 Å². The molecule has 2 aliphatic heterocycles. The van der Waals surface area contributed by atoms with Crippen molar-refractivity contribution >= 4 is 47.8 Å². The Labute approximate surface area is 335 Å². The number of ether oxygens (including phenoxy) is 2. The Morgan fingerprint density at radius 3 is 2.30 bits per heavy atom. The van der Waals surface area contributed by atoms with Crippen LogP contribution < -0.4 is 26.7 Å². The van der Waals surface area contributed by atoms with Gasteiger partial charge >= 0.3 is 11.9 Å². The molecule has 57 heavy (non-hydrogen) atoms. The van der Waals surface area contributed by atoms with Crippen LogP contribution in [0.1, 0.15) is 141 Å².